The van der Waals surface area contributed by atoms with E-state index in [-0.39, 0.29) is 6.07 Å². The summed E-state index contributed by atoms with van der Waals surface area (Å²) in [4.78, 5) is 3.88. The van der Waals surface area contributed by atoms with Crippen LogP contribution in [0.2, 0.25) is 0 Å². The van der Waals surface area contributed by atoms with Crippen LogP contribution in [0, 0.1) is 23.3 Å². The molecule has 3 aromatic rings. The molecule has 0 aliphatic rings. The van der Waals surface area contributed by atoms with Crippen molar-refractivity contribution in [1.29, 1.82) is 0 Å². The lowest BCUT2D eigenvalue weighted by atomic mass is 10.0. The Balaban J connectivity index is 2.34. The van der Waals surface area contributed by atoms with Crippen molar-refractivity contribution in [2.45, 2.75) is 11.1 Å². The van der Waals surface area contributed by atoms with Gasteiger partial charge in [-0.3, -0.25) is 0 Å². The smallest absolute Gasteiger partial charge is 0.334 e. The lowest BCUT2D eigenvalue weighted by Gasteiger charge is -2.08. The number of hydrogen-bond donors (Lipinski definition) is 1. The Bertz CT molecular complexity index is 1220. The van der Waals surface area contributed by atoms with Gasteiger partial charge in [-0.1, -0.05) is 0 Å². The second-order valence-electron chi connectivity index (χ2n) is 5.97. The van der Waals surface area contributed by atoms with E-state index in [9.17, 15) is 39.2 Å². The Hall–Kier alpha value is -2.89. The maximum Gasteiger partial charge on any atom is 0.449 e. The zero-order valence-corrected chi connectivity index (χ0v) is 15.0. The molecule has 0 atom stereocenters. The van der Waals surface area contributed by atoms with Crippen LogP contribution in [-0.4, -0.2) is 24.6 Å². The van der Waals surface area contributed by atoms with Crippen LogP contribution in [0.25, 0.3) is 22.5 Å². The lowest BCUT2D eigenvalue weighted by molar-refractivity contribution is -0.144. The Morgan fingerprint density at radius 2 is 1.55 bits per heavy atom. The Morgan fingerprint density at radius 1 is 0.897 bits per heavy atom. The van der Waals surface area contributed by atoms with Gasteiger partial charge < -0.3 is 4.98 Å². The molecule has 0 unspecified atom stereocenters. The highest BCUT2D eigenvalue weighted by atomic mass is 32.2. The first-order valence-corrected chi connectivity index (χ1v) is 9.50. The van der Waals surface area contributed by atoms with E-state index in [0.717, 1.165) is 0 Å². The quantitative estimate of drug-likeness (QED) is 0.602. The minimum absolute atomic E-state index is 0.278. The number of alkyl halides is 3. The van der Waals surface area contributed by atoms with E-state index in [1.54, 1.807) is 4.98 Å². The molecule has 0 aliphatic heterocycles. The number of rotatable bonds is 3. The highest BCUT2D eigenvalue weighted by Gasteiger charge is 2.37. The van der Waals surface area contributed by atoms with E-state index in [0.29, 0.717) is 30.5 Å². The molecule has 0 radical (unpaired) electrons. The van der Waals surface area contributed by atoms with Crippen LogP contribution in [-0.2, 0) is 16.0 Å². The first kappa shape index (κ1) is 20.8. The average Bonchev–Trinajstić information content (AvgIpc) is 3.03. The first-order chi connectivity index (χ1) is 13.3. The van der Waals surface area contributed by atoms with Crippen LogP contribution in [0.1, 0.15) is 5.82 Å². The van der Waals surface area contributed by atoms with Crippen molar-refractivity contribution in [2.75, 3.05) is 6.26 Å². The summed E-state index contributed by atoms with van der Waals surface area (Å²) < 4.78 is 119. The molecule has 12 heteroatoms. The topological polar surface area (TPSA) is 62.8 Å². The van der Waals surface area contributed by atoms with Crippen LogP contribution >= 0.6 is 0 Å². The summed E-state index contributed by atoms with van der Waals surface area (Å²) in [6, 6.07) is 2.48. The third-order valence-corrected chi connectivity index (χ3v) is 4.96. The lowest BCUT2D eigenvalue weighted by Crippen LogP contribution is -2.07. The van der Waals surface area contributed by atoms with Gasteiger partial charge in [-0.25, -0.2) is 31.0 Å². The largest absolute Gasteiger partial charge is 0.449 e. The van der Waals surface area contributed by atoms with Gasteiger partial charge in [0.25, 0.3) is 0 Å². The summed E-state index contributed by atoms with van der Waals surface area (Å²) >= 11 is 0. The van der Waals surface area contributed by atoms with Gasteiger partial charge in [-0.15, -0.1) is 0 Å². The third-order valence-electron chi connectivity index (χ3n) is 3.85. The van der Waals surface area contributed by atoms with E-state index in [2.05, 4.69) is 4.98 Å². The summed E-state index contributed by atoms with van der Waals surface area (Å²) in [5, 5.41) is 0. The van der Waals surface area contributed by atoms with E-state index in [1.807, 2.05) is 0 Å². The van der Waals surface area contributed by atoms with Crippen LogP contribution < -0.4 is 0 Å². The van der Waals surface area contributed by atoms with Crippen molar-refractivity contribution in [3.8, 4) is 22.5 Å². The molecule has 4 nitrogen and oxygen atoms in total. The van der Waals surface area contributed by atoms with E-state index in [4.69, 9.17) is 0 Å². The maximum absolute atomic E-state index is 14.5. The zero-order valence-electron chi connectivity index (χ0n) is 14.2. The zero-order chi connectivity index (χ0) is 21.7. The predicted molar refractivity (Wildman–Crippen MR) is 87.4 cm³/mol. The fourth-order valence-electron chi connectivity index (χ4n) is 2.58. The number of aromatic nitrogens is 2. The molecule has 0 spiro atoms. The number of aromatic amines is 1. The van der Waals surface area contributed by atoms with Crippen LogP contribution in [0.4, 0.5) is 30.7 Å². The van der Waals surface area contributed by atoms with Gasteiger partial charge in [0.2, 0.25) is 5.82 Å². The minimum Gasteiger partial charge on any atom is -0.334 e. The van der Waals surface area contributed by atoms with Gasteiger partial charge in [-0.05, 0) is 30.3 Å². The van der Waals surface area contributed by atoms with Gasteiger partial charge >= 0.3 is 6.18 Å². The second kappa shape index (κ2) is 6.87. The summed E-state index contributed by atoms with van der Waals surface area (Å²) in [5.41, 5.74) is -3.23. The van der Waals surface area contributed by atoms with Crippen molar-refractivity contribution in [3.05, 3.63) is 59.4 Å². The molecule has 154 valence electrons. The molecule has 1 aromatic heterocycles. The fourth-order valence-corrected chi connectivity index (χ4v) is 3.31. The molecule has 1 N–H and O–H groups in total. The number of nitrogens with zero attached hydrogens (tertiary/aromatic N) is 1. The summed E-state index contributed by atoms with van der Waals surface area (Å²) in [6.07, 6.45) is -4.46. The average molecular weight is 438 g/mol. The van der Waals surface area contributed by atoms with Gasteiger partial charge in [0.1, 0.15) is 28.2 Å². The maximum atomic E-state index is 14.5. The molecule has 2 aromatic carbocycles. The van der Waals surface area contributed by atoms with Crippen LogP contribution in [0.3, 0.4) is 0 Å². The van der Waals surface area contributed by atoms with Crippen molar-refractivity contribution in [3.63, 3.8) is 0 Å². The van der Waals surface area contributed by atoms with Crippen molar-refractivity contribution >= 4 is 9.84 Å². The number of hydrogen-bond acceptors (Lipinski definition) is 3. The molecule has 0 saturated heterocycles. The highest BCUT2D eigenvalue weighted by molar-refractivity contribution is 7.90. The third kappa shape index (κ3) is 3.97. The van der Waals surface area contributed by atoms with Crippen molar-refractivity contribution in [2.24, 2.45) is 0 Å². The van der Waals surface area contributed by atoms with Crippen molar-refractivity contribution < 1.29 is 39.2 Å². The van der Waals surface area contributed by atoms with E-state index in [1.165, 1.54) is 0 Å². The molecule has 29 heavy (non-hydrogen) atoms. The first-order valence-electron chi connectivity index (χ1n) is 7.61. The Morgan fingerprint density at radius 3 is 2.14 bits per heavy atom. The second-order valence-corrected chi connectivity index (χ2v) is 7.95. The van der Waals surface area contributed by atoms with Gasteiger partial charge in [-0.2, -0.15) is 13.2 Å². The molecule has 0 aliphatic carbocycles. The van der Waals surface area contributed by atoms with Gasteiger partial charge in [0.05, 0.1) is 11.4 Å². The van der Waals surface area contributed by atoms with Crippen LogP contribution in [0.5, 0.6) is 0 Å². The number of nitrogens with one attached hydrogen (secondary N) is 1. The van der Waals surface area contributed by atoms with Crippen molar-refractivity contribution in [1.82, 2.24) is 9.97 Å². The predicted octanol–water partition coefficient (Wildman–Crippen LogP) is 4.72. The van der Waals surface area contributed by atoms with E-state index < -0.39 is 72.5 Å². The molecule has 3 rings (SSSR count). The molecule has 0 bridgehead atoms. The summed E-state index contributed by atoms with van der Waals surface area (Å²) in [7, 11) is -4.18. The summed E-state index contributed by atoms with van der Waals surface area (Å²) in [6.45, 7) is 0. The van der Waals surface area contributed by atoms with Crippen LogP contribution in [0.15, 0.2) is 35.2 Å². The molecular weight excluding hydrogens is 429 g/mol. The Kier molecular flexibility index (Phi) is 4.93. The molecule has 0 amide bonds. The number of sulfone groups is 1. The molecule has 1 heterocycles. The molecular formula is C17H9F7N2O2S. The standard InChI is InChI=1S/C17H9F7N2O2S/c1-29(27,28)13-6-11(20)9(5-12(13)21)15-14(25-16(26-15)17(22,23)24)8-4-7(18)2-3-10(8)19/h2-6H,1H3,(H,25,26). The number of halogens is 7. The number of H-pyrrole nitrogens is 1. The minimum atomic E-state index is -5.07. The molecule has 0 fully saturated rings. The number of benzene rings is 2. The van der Waals surface area contributed by atoms with E-state index >= 15 is 0 Å². The number of imidazole rings is 1. The summed E-state index contributed by atoms with van der Waals surface area (Å²) in [5.74, 6) is -6.71. The molecule has 0 saturated carbocycles. The SMILES string of the molecule is CS(=O)(=O)c1cc(F)c(-c2[nH]c(C(F)(F)F)nc2-c2cc(F)ccc2F)cc1F. The normalized spacial score (nSPS) is 12.4. The monoisotopic (exact) mass is 438 g/mol. The highest BCUT2D eigenvalue weighted by Crippen LogP contribution is 2.38. The Labute approximate surface area is 158 Å². The van der Waals surface area contributed by atoms with Gasteiger partial charge in [0, 0.05) is 17.4 Å². The van der Waals surface area contributed by atoms with Gasteiger partial charge in [0.15, 0.2) is 9.84 Å². The fraction of sp³-hybridized carbons (Fsp3) is 0.118.